The molecule has 1 atom stereocenters. The van der Waals surface area contributed by atoms with Crippen molar-refractivity contribution in [2.45, 2.75) is 61.4 Å². The molecule has 0 unspecified atom stereocenters. The number of carbonyl (C=O) groups is 1. The molecule has 0 radical (unpaired) electrons. The number of rotatable bonds is 8. The molecule has 7 nitrogen and oxygen atoms in total. The van der Waals surface area contributed by atoms with E-state index in [-0.39, 0.29) is 17.6 Å². The molecule has 1 aromatic heterocycles. The van der Waals surface area contributed by atoms with E-state index in [4.69, 9.17) is 0 Å². The van der Waals surface area contributed by atoms with Crippen molar-refractivity contribution < 1.29 is 17.6 Å². The number of aromatic nitrogens is 2. The zero-order chi connectivity index (χ0) is 30.0. The smallest absolute Gasteiger partial charge is 0.257 e. The number of nitrogens with one attached hydrogen (secondary N) is 1. The molecule has 3 aromatic carbocycles. The van der Waals surface area contributed by atoms with E-state index < -0.39 is 9.84 Å². The molecule has 1 saturated carbocycles. The summed E-state index contributed by atoms with van der Waals surface area (Å²) in [7, 11) is -3.21. The number of hydrogen-bond acceptors (Lipinski definition) is 5. The second-order valence-corrected chi connectivity index (χ2v) is 13.8. The molecule has 1 aliphatic heterocycles. The van der Waals surface area contributed by atoms with E-state index in [1.807, 2.05) is 39.9 Å². The van der Waals surface area contributed by atoms with Gasteiger partial charge in [-0.2, -0.15) is 5.10 Å². The summed E-state index contributed by atoms with van der Waals surface area (Å²) in [6.45, 7) is 2.06. The average molecular weight is 601 g/mol. The zero-order valence-corrected chi connectivity index (χ0v) is 25.1. The summed E-state index contributed by atoms with van der Waals surface area (Å²) in [4.78, 5) is 16.2. The van der Waals surface area contributed by atoms with Crippen LogP contribution in [0.25, 0.3) is 5.69 Å². The maximum absolute atomic E-state index is 14.0. The standard InChI is InChI=1S/C34H37FN4O3S/c1-43(41,42)31-17-7-24(8-18-31)21-36-29-13-9-26(10-14-29)33-32(22-37-39(33)30-15-11-28(35)12-16-30)34(40)38-20-19-27(23-38)25-5-3-2-4-6-25/h2-8,11-12,15-18,22,26-27,29,36H,9-10,13-14,19-21,23H2,1H3/t26?,27-,29?/m0/s1. The third-order valence-electron chi connectivity index (χ3n) is 8.91. The van der Waals surface area contributed by atoms with E-state index >= 15 is 0 Å². The van der Waals surface area contributed by atoms with Gasteiger partial charge in [-0.3, -0.25) is 4.79 Å². The summed E-state index contributed by atoms with van der Waals surface area (Å²) in [5.41, 5.74) is 4.60. The molecular formula is C34H37FN4O3S. The van der Waals surface area contributed by atoms with Gasteiger partial charge in [0.05, 0.1) is 28.0 Å². The van der Waals surface area contributed by atoms with E-state index in [9.17, 15) is 17.6 Å². The predicted molar refractivity (Wildman–Crippen MR) is 165 cm³/mol. The number of carbonyl (C=O) groups excluding carboxylic acids is 1. The van der Waals surface area contributed by atoms with E-state index in [1.54, 1.807) is 30.5 Å². The maximum Gasteiger partial charge on any atom is 0.257 e. The van der Waals surface area contributed by atoms with Crippen LogP contribution in [0.5, 0.6) is 0 Å². The van der Waals surface area contributed by atoms with Crippen molar-refractivity contribution in [2.75, 3.05) is 19.3 Å². The molecule has 2 fully saturated rings. The van der Waals surface area contributed by atoms with Crippen LogP contribution in [0.15, 0.2) is 90.0 Å². The number of hydrogen-bond donors (Lipinski definition) is 1. The Balaban J connectivity index is 1.17. The number of amides is 1. The fraction of sp³-hybridized carbons (Fsp3) is 0.353. The lowest BCUT2D eigenvalue weighted by Crippen LogP contribution is -2.34. The van der Waals surface area contributed by atoms with Crippen molar-refractivity contribution in [1.82, 2.24) is 20.0 Å². The zero-order valence-electron chi connectivity index (χ0n) is 24.3. The Morgan fingerprint density at radius 3 is 2.28 bits per heavy atom. The van der Waals surface area contributed by atoms with E-state index in [0.29, 0.717) is 42.1 Å². The van der Waals surface area contributed by atoms with Crippen LogP contribution in [-0.2, 0) is 16.4 Å². The highest BCUT2D eigenvalue weighted by Crippen LogP contribution is 2.37. The van der Waals surface area contributed by atoms with Gasteiger partial charge in [-0.1, -0.05) is 42.5 Å². The fourth-order valence-electron chi connectivity index (χ4n) is 6.50. The highest BCUT2D eigenvalue weighted by atomic mass is 32.2. The Kier molecular flexibility index (Phi) is 8.45. The molecular weight excluding hydrogens is 563 g/mol. The molecule has 0 spiro atoms. The van der Waals surface area contributed by atoms with Gasteiger partial charge in [0.2, 0.25) is 0 Å². The normalized spacial score (nSPS) is 20.8. The lowest BCUT2D eigenvalue weighted by atomic mass is 9.82. The van der Waals surface area contributed by atoms with E-state index in [0.717, 1.165) is 49.0 Å². The number of likely N-dealkylation sites (tertiary alicyclic amines) is 1. The lowest BCUT2D eigenvalue weighted by molar-refractivity contribution is 0.0788. The predicted octanol–water partition coefficient (Wildman–Crippen LogP) is 5.86. The van der Waals surface area contributed by atoms with Gasteiger partial charge in [0.25, 0.3) is 5.91 Å². The summed E-state index contributed by atoms with van der Waals surface area (Å²) in [5.74, 6) is 0.172. The van der Waals surface area contributed by atoms with Crippen LogP contribution in [0.3, 0.4) is 0 Å². The van der Waals surface area contributed by atoms with Crippen molar-refractivity contribution in [3.05, 3.63) is 113 Å². The van der Waals surface area contributed by atoms with Gasteiger partial charge in [0.15, 0.2) is 9.84 Å². The molecule has 0 bridgehead atoms. The van der Waals surface area contributed by atoms with Crippen molar-refractivity contribution in [1.29, 1.82) is 0 Å². The monoisotopic (exact) mass is 600 g/mol. The third-order valence-corrected chi connectivity index (χ3v) is 10.0. The first-order valence-corrected chi connectivity index (χ1v) is 16.9. The first-order chi connectivity index (χ1) is 20.8. The number of halogens is 1. The number of nitrogens with zero attached hydrogens (tertiary/aromatic N) is 3. The Morgan fingerprint density at radius 2 is 1.60 bits per heavy atom. The van der Waals surface area contributed by atoms with Crippen molar-refractivity contribution in [3.63, 3.8) is 0 Å². The molecule has 224 valence electrons. The quantitative estimate of drug-likeness (QED) is 0.274. The van der Waals surface area contributed by atoms with Crippen LogP contribution in [0.2, 0.25) is 0 Å². The third kappa shape index (κ3) is 6.58. The van der Waals surface area contributed by atoms with Crippen molar-refractivity contribution in [2.24, 2.45) is 0 Å². The summed E-state index contributed by atoms with van der Waals surface area (Å²) in [6, 6.07) is 24.0. The molecule has 9 heteroatoms. The summed E-state index contributed by atoms with van der Waals surface area (Å²) in [6.07, 6.45) is 7.51. The highest BCUT2D eigenvalue weighted by molar-refractivity contribution is 7.90. The molecule has 4 aromatic rings. The van der Waals surface area contributed by atoms with Gasteiger partial charge >= 0.3 is 0 Å². The Hall–Kier alpha value is -3.82. The molecule has 1 saturated heterocycles. The second-order valence-electron chi connectivity index (χ2n) is 11.8. The molecule has 2 aliphatic rings. The highest BCUT2D eigenvalue weighted by Gasteiger charge is 2.34. The minimum Gasteiger partial charge on any atom is -0.338 e. The second kappa shape index (κ2) is 12.4. The Bertz CT molecular complexity index is 1660. The van der Waals surface area contributed by atoms with Gasteiger partial charge in [-0.25, -0.2) is 17.5 Å². The van der Waals surface area contributed by atoms with E-state index in [2.05, 4.69) is 22.5 Å². The molecule has 43 heavy (non-hydrogen) atoms. The van der Waals surface area contributed by atoms with Gasteiger partial charge in [-0.05, 0) is 79.6 Å². The summed E-state index contributed by atoms with van der Waals surface area (Å²) in [5, 5.41) is 8.30. The Morgan fingerprint density at radius 1 is 0.907 bits per heavy atom. The Labute approximate surface area is 252 Å². The first-order valence-electron chi connectivity index (χ1n) is 15.0. The first kappa shape index (κ1) is 29.3. The largest absolute Gasteiger partial charge is 0.338 e. The minimum absolute atomic E-state index is 0.0135. The topological polar surface area (TPSA) is 84.3 Å². The fourth-order valence-corrected chi connectivity index (χ4v) is 7.13. The molecule has 1 N–H and O–H groups in total. The lowest BCUT2D eigenvalue weighted by Gasteiger charge is -2.30. The van der Waals surface area contributed by atoms with Gasteiger partial charge in [-0.15, -0.1) is 0 Å². The van der Waals surface area contributed by atoms with Gasteiger partial charge in [0.1, 0.15) is 5.82 Å². The van der Waals surface area contributed by atoms with E-state index in [1.165, 1.54) is 24.0 Å². The van der Waals surface area contributed by atoms with Crippen LogP contribution < -0.4 is 5.32 Å². The average Bonchev–Trinajstić information content (AvgIpc) is 3.69. The van der Waals surface area contributed by atoms with Gasteiger partial charge < -0.3 is 10.2 Å². The van der Waals surface area contributed by atoms with Crippen LogP contribution in [0, 0.1) is 5.82 Å². The minimum atomic E-state index is -3.21. The van der Waals surface area contributed by atoms with Crippen LogP contribution >= 0.6 is 0 Å². The summed E-state index contributed by atoms with van der Waals surface area (Å²) < 4.78 is 39.1. The maximum atomic E-state index is 14.0. The molecule has 2 heterocycles. The number of sulfone groups is 1. The molecule has 1 aliphatic carbocycles. The molecule has 1 amide bonds. The molecule has 6 rings (SSSR count). The summed E-state index contributed by atoms with van der Waals surface area (Å²) >= 11 is 0. The number of benzene rings is 3. The van der Waals surface area contributed by atoms with Gasteiger partial charge in [0, 0.05) is 43.8 Å². The van der Waals surface area contributed by atoms with Crippen LogP contribution in [-0.4, -0.2) is 54.4 Å². The van der Waals surface area contributed by atoms with Crippen molar-refractivity contribution >= 4 is 15.7 Å². The van der Waals surface area contributed by atoms with Crippen LogP contribution in [0.1, 0.15) is 71.1 Å². The SMILES string of the molecule is CS(=O)(=O)c1ccc(CNC2CCC(c3c(C(=O)N4CC[C@H](c5ccccc5)C4)cnn3-c3ccc(F)cc3)CC2)cc1. The van der Waals surface area contributed by atoms with Crippen LogP contribution in [0.4, 0.5) is 4.39 Å². The van der Waals surface area contributed by atoms with Crippen molar-refractivity contribution in [3.8, 4) is 5.69 Å².